The zero-order valence-corrected chi connectivity index (χ0v) is 17.1. The molecule has 3 heteroatoms. The number of hydrogen-bond acceptors (Lipinski definition) is 1. The lowest BCUT2D eigenvalue weighted by Gasteiger charge is -2.30. The summed E-state index contributed by atoms with van der Waals surface area (Å²) in [6.45, 7) is 4.74. The standard InChI is InChI=1S/C26H28FNO/c1-3-26(29)28(19-7-10-21-8-5-4-6-9-21)20(2)22-11-13-23(14-12-22)24-15-17-25(27)18-16-24/h4-6,8-9,11-18,20H,3,7,10,19H2,1-2H3/t20-/m0/s1. The van der Waals surface area contributed by atoms with Crippen LogP contribution in [0.4, 0.5) is 4.39 Å². The first kappa shape index (κ1) is 20.8. The number of rotatable bonds is 8. The highest BCUT2D eigenvalue weighted by atomic mass is 19.1. The van der Waals surface area contributed by atoms with Gasteiger partial charge in [0.25, 0.3) is 0 Å². The van der Waals surface area contributed by atoms with E-state index >= 15 is 0 Å². The minimum absolute atomic E-state index is 0.0143. The van der Waals surface area contributed by atoms with Crippen LogP contribution in [0, 0.1) is 5.82 Å². The molecule has 0 aliphatic heterocycles. The van der Waals surface area contributed by atoms with Gasteiger partial charge in [-0.15, -0.1) is 0 Å². The number of amides is 1. The molecule has 3 aromatic carbocycles. The summed E-state index contributed by atoms with van der Waals surface area (Å²) in [5.41, 5.74) is 4.43. The van der Waals surface area contributed by atoms with Gasteiger partial charge in [0.2, 0.25) is 5.91 Å². The maximum atomic E-state index is 13.1. The summed E-state index contributed by atoms with van der Waals surface area (Å²) in [5, 5.41) is 0. The molecule has 150 valence electrons. The summed E-state index contributed by atoms with van der Waals surface area (Å²) in [7, 11) is 0. The van der Waals surface area contributed by atoms with E-state index in [0.29, 0.717) is 6.42 Å². The molecule has 0 heterocycles. The average Bonchev–Trinajstić information content (AvgIpc) is 2.77. The number of hydrogen-bond donors (Lipinski definition) is 0. The van der Waals surface area contributed by atoms with Crippen molar-refractivity contribution >= 4 is 5.91 Å². The Hall–Kier alpha value is -2.94. The van der Waals surface area contributed by atoms with Crippen LogP contribution in [0.2, 0.25) is 0 Å². The van der Waals surface area contributed by atoms with Gasteiger partial charge in [-0.3, -0.25) is 4.79 Å². The van der Waals surface area contributed by atoms with E-state index in [9.17, 15) is 9.18 Å². The molecule has 1 amide bonds. The first-order valence-corrected chi connectivity index (χ1v) is 10.3. The van der Waals surface area contributed by atoms with Gasteiger partial charge in [-0.1, -0.05) is 73.7 Å². The molecule has 0 saturated carbocycles. The van der Waals surface area contributed by atoms with Gasteiger partial charge in [0.1, 0.15) is 5.82 Å². The molecule has 0 aromatic heterocycles. The second-order valence-electron chi connectivity index (χ2n) is 7.33. The molecule has 0 aliphatic rings. The van der Waals surface area contributed by atoms with E-state index < -0.39 is 0 Å². The van der Waals surface area contributed by atoms with E-state index in [4.69, 9.17) is 0 Å². The molecule has 0 radical (unpaired) electrons. The van der Waals surface area contributed by atoms with Gasteiger partial charge >= 0.3 is 0 Å². The Bertz CT molecular complexity index is 904. The molecular formula is C26H28FNO. The van der Waals surface area contributed by atoms with Gasteiger partial charge in [-0.25, -0.2) is 4.39 Å². The topological polar surface area (TPSA) is 20.3 Å². The van der Waals surface area contributed by atoms with E-state index in [1.54, 1.807) is 12.1 Å². The minimum atomic E-state index is -0.233. The first-order chi connectivity index (χ1) is 14.1. The fourth-order valence-corrected chi connectivity index (χ4v) is 3.61. The summed E-state index contributed by atoms with van der Waals surface area (Å²) >= 11 is 0. The van der Waals surface area contributed by atoms with Crippen LogP contribution >= 0.6 is 0 Å². The Balaban J connectivity index is 1.69. The second kappa shape index (κ2) is 10.0. The van der Waals surface area contributed by atoms with Gasteiger partial charge in [0.05, 0.1) is 6.04 Å². The van der Waals surface area contributed by atoms with E-state index in [0.717, 1.165) is 36.1 Å². The van der Waals surface area contributed by atoms with Gasteiger partial charge in [-0.05, 0) is 54.2 Å². The number of nitrogens with zero attached hydrogens (tertiary/aromatic N) is 1. The van der Waals surface area contributed by atoms with Crippen molar-refractivity contribution in [3.8, 4) is 11.1 Å². The van der Waals surface area contributed by atoms with E-state index in [1.165, 1.54) is 17.7 Å². The van der Waals surface area contributed by atoms with Gasteiger partial charge in [0.15, 0.2) is 0 Å². The molecule has 0 spiro atoms. The summed E-state index contributed by atoms with van der Waals surface area (Å²) in [6.07, 6.45) is 2.40. The van der Waals surface area contributed by atoms with Gasteiger partial charge in [0, 0.05) is 13.0 Å². The van der Waals surface area contributed by atoms with Crippen LogP contribution in [0.25, 0.3) is 11.1 Å². The lowest BCUT2D eigenvalue weighted by Crippen LogP contribution is -2.34. The number of aryl methyl sites for hydroxylation is 1. The molecule has 0 unspecified atom stereocenters. The van der Waals surface area contributed by atoms with Crippen molar-refractivity contribution in [1.82, 2.24) is 4.90 Å². The Morgan fingerprint density at radius 2 is 1.48 bits per heavy atom. The normalized spacial score (nSPS) is 11.8. The van der Waals surface area contributed by atoms with Crippen molar-refractivity contribution in [3.05, 3.63) is 95.8 Å². The summed E-state index contributed by atoms with van der Waals surface area (Å²) in [6, 6.07) is 25.1. The Morgan fingerprint density at radius 1 is 0.897 bits per heavy atom. The SMILES string of the molecule is CCC(=O)N(CCCc1ccccc1)[C@@H](C)c1ccc(-c2ccc(F)cc2)cc1. The van der Waals surface area contributed by atoms with E-state index in [-0.39, 0.29) is 17.8 Å². The van der Waals surface area contributed by atoms with Crippen LogP contribution in [-0.4, -0.2) is 17.4 Å². The predicted octanol–water partition coefficient (Wildman–Crippen LogP) is 6.43. The van der Waals surface area contributed by atoms with E-state index in [2.05, 4.69) is 43.3 Å². The van der Waals surface area contributed by atoms with Crippen molar-refractivity contribution in [3.63, 3.8) is 0 Å². The molecule has 0 N–H and O–H groups in total. The lowest BCUT2D eigenvalue weighted by atomic mass is 10.00. The van der Waals surface area contributed by atoms with Gasteiger partial charge in [-0.2, -0.15) is 0 Å². The third kappa shape index (κ3) is 5.54. The highest BCUT2D eigenvalue weighted by molar-refractivity contribution is 5.76. The zero-order valence-electron chi connectivity index (χ0n) is 17.1. The van der Waals surface area contributed by atoms with Crippen LogP contribution in [0.1, 0.15) is 43.9 Å². The fourth-order valence-electron chi connectivity index (χ4n) is 3.61. The summed E-state index contributed by atoms with van der Waals surface area (Å²) < 4.78 is 13.1. The maximum Gasteiger partial charge on any atom is 0.222 e. The van der Waals surface area contributed by atoms with Crippen molar-refractivity contribution in [2.24, 2.45) is 0 Å². The number of carbonyl (C=O) groups excluding carboxylic acids is 1. The van der Waals surface area contributed by atoms with Crippen molar-refractivity contribution in [2.45, 2.75) is 39.2 Å². The van der Waals surface area contributed by atoms with E-state index in [1.807, 2.05) is 30.0 Å². The Morgan fingerprint density at radius 3 is 2.07 bits per heavy atom. The number of benzene rings is 3. The first-order valence-electron chi connectivity index (χ1n) is 10.3. The van der Waals surface area contributed by atoms with Crippen molar-refractivity contribution in [2.75, 3.05) is 6.54 Å². The maximum absolute atomic E-state index is 13.1. The molecular weight excluding hydrogens is 361 g/mol. The molecule has 2 nitrogen and oxygen atoms in total. The molecule has 0 fully saturated rings. The third-order valence-corrected chi connectivity index (χ3v) is 5.37. The summed E-state index contributed by atoms with van der Waals surface area (Å²) in [4.78, 5) is 14.6. The molecule has 0 bridgehead atoms. The highest BCUT2D eigenvalue weighted by Crippen LogP contribution is 2.26. The molecule has 1 atom stereocenters. The highest BCUT2D eigenvalue weighted by Gasteiger charge is 2.20. The van der Waals surface area contributed by atoms with Crippen LogP contribution in [0.15, 0.2) is 78.9 Å². The quantitative estimate of drug-likeness (QED) is 0.435. The molecule has 3 aromatic rings. The average molecular weight is 390 g/mol. The smallest absolute Gasteiger partial charge is 0.222 e. The second-order valence-corrected chi connectivity index (χ2v) is 7.33. The molecule has 0 saturated heterocycles. The predicted molar refractivity (Wildman–Crippen MR) is 117 cm³/mol. The van der Waals surface area contributed by atoms with Crippen LogP contribution < -0.4 is 0 Å². The summed E-state index contributed by atoms with van der Waals surface area (Å²) in [5.74, 6) is -0.0589. The Kier molecular flexibility index (Phi) is 7.18. The van der Waals surface area contributed by atoms with Crippen LogP contribution in [0.5, 0.6) is 0 Å². The van der Waals surface area contributed by atoms with Crippen LogP contribution in [-0.2, 0) is 11.2 Å². The monoisotopic (exact) mass is 389 g/mol. The van der Waals surface area contributed by atoms with Crippen molar-refractivity contribution in [1.29, 1.82) is 0 Å². The van der Waals surface area contributed by atoms with Crippen LogP contribution in [0.3, 0.4) is 0 Å². The largest absolute Gasteiger partial charge is 0.336 e. The van der Waals surface area contributed by atoms with Gasteiger partial charge < -0.3 is 4.90 Å². The molecule has 0 aliphatic carbocycles. The molecule has 3 rings (SSSR count). The van der Waals surface area contributed by atoms with Crippen molar-refractivity contribution < 1.29 is 9.18 Å². The lowest BCUT2D eigenvalue weighted by molar-refractivity contribution is -0.133. The molecule has 29 heavy (non-hydrogen) atoms. The zero-order chi connectivity index (χ0) is 20.6. The fraction of sp³-hybridized carbons (Fsp3) is 0.269. The number of halogens is 1. The minimum Gasteiger partial charge on any atom is -0.336 e. The Labute approximate surface area is 173 Å². The number of carbonyl (C=O) groups is 1. The third-order valence-electron chi connectivity index (χ3n) is 5.37.